The first-order valence-electron chi connectivity index (χ1n) is 6.28. The third-order valence-electron chi connectivity index (χ3n) is 3.19. The molecule has 0 aromatic heterocycles. The van der Waals surface area contributed by atoms with E-state index < -0.39 is 27.5 Å². The minimum atomic E-state index is -1.70. The minimum absolute atomic E-state index is 0.100. The van der Waals surface area contributed by atoms with E-state index in [1.165, 1.54) is 0 Å². The van der Waals surface area contributed by atoms with Crippen LogP contribution in [0.15, 0.2) is 11.1 Å². The Morgan fingerprint density at radius 3 is 2.00 bits per heavy atom. The van der Waals surface area contributed by atoms with Crippen LogP contribution in [0.5, 0.6) is 0 Å². The molecule has 5 nitrogen and oxygen atoms in total. The zero-order chi connectivity index (χ0) is 14.6. The van der Waals surface area contributed by atoms with Crippen LogP contribution in [0.25, 0.3) is 0 Å². The normalized spacial score (nSPS) is 22.0. The molecule has 1 aliphatic rings. The third-order valence-corrected chi connectivity index (χ3v) is 5.14. The number of esters is 2. The van der Waals surface area contributed by atoms with Crippen molar-refractivity contribution >= 4 is 22.7 Å². The Kier molecular flexibility index (Phi) is 5.29. The molecule has 1 unspecified atom stereocenters. The van der Waals surface area contributed by atoms with E-state index in [4.69, 9.17) is 9.47 Å². The van der Waals surface area contributed by atoms with Gasteiger partial charge in [0.25, 0.3) is 0 Å². The van der Waals surface area contributed by atoms with Crippen LogP contribution in [-0.2, 0) is 29.9 Å². The molecule has 1 atom stereocenters. The standard InChI is InChI=1S/C13H20O5S/c1-5-17-11(14)13(12(15)18-6-2)7-9(3)10(4)8-19(13)16/h5-8H2,1-4H3. The molecule has 0 fully saturated rings. The maximum Gasteiger partial charge on any atom is 0.336 e. The lowest BCUT2D eigenvalue weighted by molar-refractivity contribution is -0.158. The van der Waals surface area contributed by atoms with Gasteiger partial charge in [-0.05, 0) is 27.7 Å². The van der Waals surface area contributed by atoms with Crippen LogP contribution >= 0.6 is 0 Å². The summed E-state index contributed by atoms with van der Waals surface area (Å²) in [6.07, 6.45) is 0.100. The Balaban J connectivity index is 3.24. The molecule has 108 valence electrons. The summed E-state index contributed by atoms with van der Waals surface area (Å²) in [7, 11) is -1.66. The van der Waals surface area contributed by atoms with Crippen molar-refractivity contribution in [2.45, 2.75) is 38.9 Å². The lowest BCUT2D eigenvalue weighted by Gasteiger charge is -2.32. The van der Waals surface area contributed by atoms with Crippen LogP contribution < -0.4 is 0 Å². The Bertz CT molecular complexity index is 420. The Morgan fingerprint density at radius 2 is 1.58 bits per heavy atom. The maximum absolute atomic E-state index is 12.4. The van der Waals surface area contributed by atoms with Crippen LogP contribution in [0.1, 0.15) is 34.1 Å². The van der Waals surface area contributed by atoms with Crippen molar-refractivity contribution in [3.8, 4) is 0 Å². The Morgan fingerprint density at radius 1 is 1.11 bits per heavy atom. The second-order valence-corrected chi connectivity index (χ2v) is 6.17. The maximum atomic E-state index is 12.4. The number of rotatable bonds is 4. The summed E-state index contributed by atoms with van der Waals surface area (Å²) in [5.41, 5.74) is 1.84. The summed E-state index contributed by atoms with van der Waals surface area (Å²) in [6.45, 7) is 7.26. The molecule has 0 aromatic carbocycles. The number of carbonyl (C=O) groups excluding carboxylic acids is 2. The highest BCUT2D eigenvalue weighted by Gasteiger charge is 2.56. The van der Waals surface area contributed by atoms with E-state index in [2.05, 4.69) is 0 Å². The van der Waals surface area contributed by atoms with Gasteiger partial charge in [0.2, 0.25) is 4.75 Å². The largest absolute Gasteiger partial charge is 0.464 e. The Hall–Kier alpha value is -1.17. The summed E-state index contributed by atoms with van der Waals surface area (Å²) < 4.78 is 20.6. The highest BCUT2D eigenvalue weighted by molar-refractivity contribution is 7.88. The van der Waals surface area contributed by atoms with Gasteiger partial charge in [-0.1, -0.05) is 11.1 Å². The van der Waals surface area contributed by atoms with E-state index >= 15 is 0 Å². The molecule has 0 radical (unpaired) electrons. The van der Waals surface area contributed by atoms with Crippen LogP contribution in [-0.4, -0.2) is 39.9 Å². The zero-order valence-corrected chi connectivity index (χ0v) is 12.6. The molecule has 0 amide bonds. The van der Waals surface area contributed by atoms with E-state index in [1.54, 1.807) is 13.8 Å². The summed E-state index contributed by atoms with van der Waals surface area (Å²) in [5, 5.41) is 0. The molecule has 1 aliphatic heterocycles. The van der Waals surface area contributed by atoms with E-state index in [0.717, 1.165) is 11.1 Å². The van der Waals surface area contributed by atoms with Gasteiger partial charge in [0, 0.05) is 12.2 Å². The fourth-order valence-corrected chi connectivity index (χ4v) is 3.71. The highest BCUT2D eigenvalue weighted by atomic mass is 32.2. The summed E-state index contributed by atoms with van der Waals surface area (Å²) in [5.74, 6) is -1.30. The first kappa shape index (κ1) is 15.9. The van der Waals surface area contributed by atoms with Gasteiger partial charge in [-0.25, -0.2) is 9.59 Å². The van der Waals surface area contributed by atoms with Gasteiger partial charge in [-0.15, -0.1) is 0 Å². The highest BCUT2D eigenvalue weighted by Crippen LogP contribution is 2.34. The smallest absolute Gasteiger partial charge is 0.336 e. The predicted octanol–water partition coefficient (Wildman–Crippen LogP) is 1.34. The van der Waals surface area contributed by atoms with Crippen molar-refractivity contribution in [3.05, 3.63) is 11.1 Å². The van der Waals surface area contributed by atoms with Gasteiger partial charge < -0.3 is 9.47 Å². The van der Waals surface area contributed by atoms with E-state index in [1.807, 2.05) is 13.8 Å². The average molecular weight is 288 g/mol. The molecular formula is C13H20O5S. The van der Waals surface area contributed by atoms with E-state index in [9.17, 15) is 13.8 Å². The van der Waals surface area contributed by atoms with Gasteiger partial charge >= 0.3 is 11.9 Å². The topological polar surface area (TPSA) is 69.7 Å². The van der Waals surface area contributed by atoms with Crippen molar-refractivity contribution in [2.24, 2.45) is 0 Å². The lowest BCUT2D eigenvalue weighted by atomic mass is 9.96. The van der Waals surface area contributed by atoms with Crippen molar-refractivity contribution in [3.63, 3.8) is 0 Å². The predicted molar refractivity (Wildman–Crippen MR) is 72.0 cm³/mol. The van der Waals surface area contributed by atoms with Crippen LogP contribution in [0.3, 0.4) is 0 Å². The first-order chi connectivity index (χ1) is 8.90. The molecule has 0 bridgehead atoms. The molecule has 0 aliphatic carbocycles. The number of ether oxygens (including phenoxy) is 2. The molecule has 6 heteroatoms. The van der Waals surface area contributed by atoms with Gasteiger partial charge in [-0.3, -0.25) is 4.21 Å². The third kappa shape index (κ3) is 2.88. The van der Waals surface area contributed by atoms with E-state index in [-0.39, 0.29) is 25.4 Å². The van der Waals surface area contributed by atoms with Crippen molar-refractivity contribution in [1.29, 1.82) is 0 Å². The monoisotopic (exact) mass is 288 g/mol. The molecular weight excluding hydrogens is 268 g/mol. The number of carbonyl (C=O) groups is 2. The number of hydrogen-bond acceptors (Lipinski definition) is 5. The lowest BCUT2D eigenvalue weighted by Crippen LogP contribution is -2.55. The van der Waals surface area contributed by atoms with Gasteiger partial charge in [0.1, 0.15) is 0 Å². The molecule has 0 saturated heterocycles. The molecule has 19 heavy (non-hydrogen) atoms. The van der Waals surface area contributed by atoms with Gasteiger partial charge in [0.15, 0.2) is 0 Å². The van der Waals surface area contributed by atoms with E-state index in [0.29, 0.717) is 0 Å². The Labute approximate surface area is 115 Å². The van der Waals surface area contributed by atoms with Crippen molar-refractivity contribution in [2.75, 3.05) is 19.0 Å². The molecule has 0 saturated carbocycles. The van der Waals surface area contributed by atoms with Crippen LogP contribution in [0, 0.1) is 0 Å². The fraction of sp³-hybridized carbons (Fsp3) is 0.692. The minimum Gasteiger partial charge on any atom is -0.464 e. The summed E-state index contributed by atoms with van der Waals surface area (Å²) >= 11 is 0. The van der Waals surface area contributed by atoms with Crippen LogP contribution in [0.4, 0.5) is 0 Å². The average Bonchev–Trinajstić information content (AvgIpc) is 2.34. The van der Waals surface area contributed by atoms with Crippen molar-refractivity contribution in [1.82, 2.24) is 0 Å². The van der Waals surface area contributed by atoms with Crippen molar-refractivity contribution < 1.29 is 23.3 Å². The number of hydrogen-bond donors (Lipinski definition) is 0. The molecule has 0 aromatic rings. The summed E-state index contributed by atoms with van der Waals surface area (Å²) in [6, 6.07) is 0. The molecule has 1 rings (SSSR count). The second kappa shape index (κ2) is 6.32. The molecule has 1 heterocycles. The van der Waals surface area contributed by atoms with Gasteiger partial charge in [0.05, 0.1) is 24.0 Å². The summed E-state index contributed by atoms with van der Waals surface area (Å²) in [4.78, 5) is 24.3. The first-order valence-corrected chi connectivity index (χ1v) is 7.60. The second-order valence-electron chi connectivity index (χ2n) is 4.50. The molecule has 0 N–H and O–H groups in total. The quantitative estimate of drug-likeness (QED) is 0.443. The fourth-order valence-electron chi connectivity index (χ4n) is 1.96. The SMILES string of the molecule is CCOC(=O)C1(C(=O)OCC)CC(C)=C(C)CS1=O. The molecule has 0 spiro atoms. The van der Waals surface area contributed by atoms with Crippen LogP contribution in [0.2, 0.25) is 0 Å². The zero-order valence-electron chi connectivity index (χ0n) is 11.8. The number of allylic oxidation sites excluding steroid dienone is 1. The van der Waals surface area contributed by atoms with Gasteiger partial charge in [-0.2, -0.15) is 0 Å².